The van der Waals surface area contributed by atoms with E-state index < -0.39 is 29.9 Å². The van der Waals surface area contributed by atoms with Gasteiger partial charge in [-0.25, -0.2) is 4.79 Å². The number of likely N-dealkylation sites (tertiary alicyclic amines) is 1. The Bertz CT molecular complexity index is 376. The van der Waals surface area contributed by atoms with Crippen LogP contribution in [-0.2, 0) is 9.47 Å². The lowest BCUT2D eigenvalue weighted by Crippen LogP contribution is -2.51. The molecule has 0 aromatic carbocycles. The number of ether oxygens (including phenoxy) is 2. The molecule has 0 bridgehead atoms. The van der Waals surface area contributed by atoms with Gasteiger partial charge in [0.15, 0.2) is 0 Å². The van der Waals surface area contributed by atoms with E-state index in [4.69, 9.17) is 9.47 Å². The molecule has 0 radical (unpaired) electrons. The van der Waals surface area contributed by atoms with Crippen molar-refractivity contribution >= 4 is 13.1 Å². The third-order valence-corrected chi connectivity index (χ3v) is 3.60. The Kier molecular flexibility index (Phi) is 3.28. The van der Waals surface area contributed by atoms with Crippen LogP contribution in [0, 0.1) is 5.41 Å². The molecule has 2 aliphatic heterocycles. The zero-order chi connectivity index (χ0) is 14.5. The number of amides is 1. The molecule has 2 saturated heterocycles. The summed E-state index contributed by atoms with van der Waals surface area (Å²) < 4.78 is 49.3. The number of hydrogen-bond acceptors (Lipinski definition) is 3. The fourth-order valence-corrected chi connectivity index (χ4v) is 2.65. The molecule has 2 fully saturated rings. The summed E-state index contributed by atoms with van der Waals surface area (Å²) in [5.41, 5.74) is -1.66. The molecule has 0 N–H and O–H groups in total. The van der Waals surface area contributed by atoms with Crippen molar-refractivity contribution in [2.75, 3.05) is 26.3 Å². The summed E-state index contributed by atoms with van der Waals surface area (Å²) in [6.45, 7) is -0.0401. The predicted octanol–water partition coefficient (Wildman–Crippen LogP) is 2.47. The average Bonchev–Trinajstić information content (AvgIpc) is 2.53. The van der Waals surface area contributed by atoms with Gasteiger partial charge in [-0.1, -0.05) is 0 Å². The van der Waals surface area contributed by atoms with Gasteiger partial charge >= 0.3 is 13.1 Å². The highest BCUT2D eigenvalue weighted by Gasteiger charge is 2.59. The lowest BCUT2D eigenvalue weighted by atomic mass is 9.58. The van der Waals surface area contributed by atoms with Crippen LogP contribution in [0.1, 0.15) is 20.8 Å². The van der Waals surface area contributed by atoms with Crippen LogP contribution in [0.2, 0.25) is 5.82 Å². The minimum Gasteiger partial charge on any atom is -0.449 e. The van der Waals surface area contributed by atoms with E-state index in [-0.39, 0.29) is 26.3 Å². The molecule has 110 valence electrons. The first kappa shape index (κ1) is 14.5. The number of hydrogen-bond donors (Lipinski definition) is 0. The van der Waals surface area contributed by atoms with Crippen molar-refractivity contribution in [2.45, 2.75) is 32.2 Å². The first-order chi connectivity index (χ1) is 8.54. The zero-order valence-corrected chi connectivity index (χ0v) is 11.3. The number of nitrogens with zero attached hydrogens (tertiary/aromatic N) is 1. The second-order valence-electron chi connectivity index (χ2n) is 6.45. The Hall–Kier alpha value is -0.915. The molecule has 1 spiro atoms. The van der Waals surface area contributed by atoms with Crippen LogP contribution >= 0.6 is 0 Å². The molecule has 8 heteroatoms. The van der Waals surface area contributed by atoms with Gasteiger partial charge in [-0.05, 0) is 26.6 Å². The standard InChI is InChI=1S/C11H18BF3NO3/c1-10(2,3)19-9(17)16-4-8(12(13,14)15)11(5-16)6-18-7-11/h8H,4-7H2,1-3H3/q-1. The van der Waals surface area contributed by atoms with E-state index in [0.29, 0.717) is 0 Å². The molecule has 0 aliphatic carbocycles. The SMILES string of the molecule is CC(C)(C)OC(=O)N1CC([B-](F)(F)F)C2(COC2)C1. The van der Waals surface area contributed by atoms with Crippen LogP contribution in [-0.4, -0.2) is 49.9 Å². The molecule has 2 aliphatic rings. The van der Waals surface area contributed by atoms with Crippen molar-refractivity contribution < 1.29 is 27.2 Å². The van der Waals surface area contributed by atoms with E-state index in [1.807, 2.05) is 0 Å². The lowest BCUT2D eigenvalue weighted by molar-refractivity contribution is -0.108. The summed E-state index contributed by atoms with van der Waals surface area (Å²) in [6, 6.07) is 0. The molecule has 0 saturated carbocycles. The Labute approximate surface area is 110 Å². The van der Waals surface area contributed by atoms with Crippen molar-refractivity contribution in [3.63, 3.8) is 0 Å². The van der Waals surface area contributed by atoms with E-state index in [1.54, 1.807) is 20.8 Å². The topological polar surface area (TPSA) is 38.8 Å². The van der Waals surface area contributed by atoms with Gasteiger partial charge in [-0.15, -0.1) is 0 Å². The summed E-state index contributed by atoms with van der Waals surface area (Å²) in [7, 11) is 0. The minimum absolute atomic E-state index is 0.0633. The van der Waals surface area contributed by atoms with Crippen molar-refractivity contribution in [1.29, 1.82) is 0 Å². The van der Waals surface area contributed by atoms with Gasteiger partial charge in [-0.3, -0.25) is 0 Å². The Morgan fingerprint density at radius 2 is 1.95 bits per heavy atom. The van der Waals surface area contributed by atoms with E-state index in [2.05, 4.69) is 0 Å². The molecule has 2 heterocycles. The van der Waals surface area contributed by atoms with Crippen LogP contribution in [0.4, 0.5) is 17.7 Å². The molecule has 0 aromatic rings. The molecule has 19 heavy (non-hydrogen) atoms. The van der Waals surface area contributed by atoms with Crippen molar-refractivity contribution in [2.24, 2.45) is 5.41 Å². The molecular weight excluding hydrogens is 262 g/mol. The highest BCUT2D eigenvalue weighted by Crippen LogP contribution is 2.52. The number of carbonyl (C=O) groups excluding carboxylic acids is 1. The molecule has 2 rings (SSSR count). The summed E-state index contributed by atoms with van der Waals surface area (Å²) >= 11 is 0. The van der Waals surface area contributed by atoms with Gasteiger partial charge in [0.2, 0.25) is 0 Å². The van der Waals surface area contributed by atoms with E-state index >= 15 is 0 Å². The molecule has 4 nitrogen and oxygen atoms in total. The number of carbonyl (C=O) groups is 1. The van der Waals surface area contributed by atoms with Crippen molar-refractivity contribution in [3.05, 3.63) is 0 Å². The third-order valence-electron chi connectivity index (χ3n) is 3.60. The van der Waals surface area contributed by atoms with Gasteiger partial charge < -0.3 is 27.3 Å². The van der Waals surface area contributed by atoms with E-state index in [1.165, 1.54) is 0 Å². The normalized spacial score (nSPS) is 26.4. The second-order valence-corrected chi connectivity index (χ2v) is 6.45. The maximum Gasteiger partial charge on any atom is 0.483 e. The van der Waals surface area contributed by atoms with Crippen LogP contribution in [0.25, 0.3) is 0 Å². The van der Waals surface area contributed by atoms with Crippen molar-refractivity contribution in [3.8, 4) is 0 Å². The monoisotopic (exact) mass is 280 g/mol. The fourth-order valence-electron chi connectivity index (χ4n) is 2.65. The van der Waals surface area contributed by atoms with Crippen molar-refractivity contribution in [1.82, 2.24) is 4.90 Å². The average molecular weight is 280 g/mol. The highest BCUT2D eigenvalue weighted by molar-refractivity contribution is 6.60. The Balaban J connectivity index is 2.09. The van der Waals surface area contributed by atoms with Gasteiger partial charge in [0.05, 0.1) is 13.2 Å². The molecule has 1 atom stereocenters. The first-order valence-electron chi connectivity index (χ1n) is 6.29. The van der Waals surface area contributed by atoms with Gasteiger partial charge in [0, 0.05) is 18.5 Å². The second kappa shape index (κ2) is 4.29. The fraction of sp³-hybridized carbons (Fsp3) is 0.909. The zero-order valence-electron chi connectivity index (χ0n) is 11.3. The summed E-state index contributed by atoms with van der Waals surface area (Å²) in [5.74, 6) is -1.46. The van der Waals surface area contributed by atoms with E-state index in [0.717, 1.165) is 4.90 Å². The van der Waals surface area contributed by atoms with E-state index in [9.17, 15) is 17.7 Å². The first-order valence-corrected chi connectivity index (χ1v) is 6.29. The predicted molar refractivity (Wildman–Crippen MR) is 63.9 cm³/mol. The largest absolute Gasteiger partial charge is 0.483 e. The quantitative estimate of drug-likeness (QED) is 0.692. The Morgan fingerprint density at radius 3 is 2.26 bits per heavy atom. The molecule has 0 aromatic heterocycles. The number of rotatable bonds is 1. The van der Waals surface area contributed by atoms with Gasteiger partial charge in [0.25, 0.3) is 0 Å². The van der Waals surface area contributed by atoms with Crippen LogP contribution in [0.5, 0.6) is 0 Å². The maximum absolute atomic E-state index is 13.1. The third kappa shape index (κ3) is 2.83. The lowest BCUT2D eigenvalue weighted by Gasteiger charge is -2.45. The maximum atomic E-state index is 13.1. The molecular formula is C11H18BF3NO3-. The molecule has 1 unspecified atom stereocenters. The Morgan fingerprint density at radius 1 is 1.37 bits per heavy atom. The summed E-state index contributed by atoms with van der Waals surface area (Å²) in [6.07, 6.45) is -0.679. The summed E-state index contributed by atoms with van der Waals surface area (Å²) in [4.78, 5) is 13.0. The van der Waals surface area contributed by atoms with Crippen LogP contribution in [0.15, 0.2) is 0 Å². The molecule has 1 amide bonds. The smallest absolute Gasteiger partial charge is 0.449 e. The van der Waals surface area contributed by atoms with Gasteiger partial charge in [-0.2, -0.15) is 0 Å². The minimum atomic E-state index is -4.99. The number of halogens is 3. The highest BCUT2D eigenvalue weighted by atomic mass is 19.4. The summed E-state index contributed by atoms with van der Waals surface area (Å²) in [5, 5.41) is 0. The van der Waals surface area contributed by atoms with Crippen LogP contribution < -0.4 is 0 Å². The van der Waals surface area contributed by atoms with Crippen LogP contribution in [0.3, 0.4) is 0 Å². The van der Waals surface area contributed by atoms with Gasteiger partial charge in [0.1, 0.15) is 5.60 Å².